The summed E-state index contributed by atoms with van der Waals surface area (Å²) in [6.07, 6.45) is -0.349. The second-order valence-corrected chi connectivity index (χ2v) is 8.23. The molecule has 146 valence electrons. The maximum absolute atomic E-state index is 13.1. The molecular weight excluding hydrogens is 390 g/mol. The Bertz CT molecular complexity index is 864. The number of nitrogens with zero attached hydrogens (tertiary/aromatic N) is 1. The summed E-state index contributed by atoms with van der Waals surface area (Å²) in [6, 6.07) is 12.2. The number of carbonyl (C=O) groups excluding carboxylic acids is 1. The fraction of sp³-hybridized carbons (Fsp3) is 0.316. The summed E-state index contributed by atoms with van der Waals surface area (Å²) in [4.78, 5) is 12.2. The Balaban J connectivity index is 2.42. The summed E-state index contributed by atoms with van der Waals surface area (Å²) in [7, 11) is -3.99. The normalized spacial score (nSPS) is 11.3. The molecule has 2 aromatic rings. The van der Waals surface area contributed by atoms with Crippen LogP contribution in [0.5, 0.6) is 5.75 Å². The van der Waals surface area contributed by atoms with Crippen molar-refractivity contribution in [3.8, 4) is 5.75 Å². The summed E-state index contributed by atoms with van der Waals surface area (Å²) in [6.45, 7) is 5.30. The summed E-state index contributed by atoms with van der Waals surface area (Å²) >= 11 is 5.85. The smallest absolute Gasteiger partial charge is 0.327 e. The quantitative estimate of drug-likeness (QED) is 0.616. The summed E-state index contributed by atoms with van der Waals surface area (Å²) in [5.74, 6) is -0.0359. The zero-order chi connectivity index (χ0) is 20.0. The highest BCUT2D eigenvalue weighted by molar-refractivity contribution is 7.92. The van der Waals surface area contributed by atoms with Crippen LogP contribution in [0, 0.1) is 0 Å². The van der Waals surface area contributed by atoms with Crippen LogP contribution in [0.25, 0.3) is 0 Å². The molecule has 8 heteroatoms. The van der Waals surface area contributed by atoms with Gasteiger partial charge in [-0.3, -0.25) is 9.10 Å². The molecule has 0 saturated carbocycles. The van der Waals surface area contributed by atoms with Crippen molar-refractivity contribution < 1.29 is 22.7 Å². The zero-order valence-corrected chi connectivity index (χ0v) is 17.0. The first-order valence-corrected chi connectivity index (χ1v) is 10.3. The molecule has 0 heterocycles. The van der Waals surface area contributed by atoms with Gasteiger partial charge in [-0.15, -0.1) is 0 Å². The first kappa shape index (κ1) is 21.1. The fourth-order valence-corrected chi connectivity index (χ4v) is 3.88. The number of halogens is 1. The van der Waals surface area contributed by atoms with Crippen molar-refractivity contribution in [2.75, 3.05) is 17.5 Å². The highest BCUT2D eigenvalue weighted by Crippen LogP contribution is 2.26. The first-order chi connectivity index (χ1) is 12.7. The lowest BCUT2D eigenvalue weighted by Gasteiger charge is -2.24. The van der Waals surface area contributed by atoms with Crippen LogP contribution in [0.3, 0.4) is 0 Å². The van der Waals surface area contributed by atoms with Gasteiger partial charge in [0.05, 0.1) is 23.3 Å². The van der Waals surface area contributed by atoms with E-state index in [1.165, 1.54) is 24.3 Å². The molecule has 6 nitrogen and oxygen atoms in total. The van der Waals surface area contributed by atoms with Gasteiger partial charge in [0, 0.05) is 5.02 Å². The largest absolute Gasteiger partial charge is 0.494 e. The van der Waals surface area contributed by atoms with Crippen molar-refractivity contribution >= 4 is 33.3 Å². The Labute approximate surface area is 164 Å². The number of ether oxygens (including phenoxy) is 2. The second kappa shape index (κ2) is 9.10. The molecule has 0 amide bonds. The van der Waals surface area contributed by atoms with Crippen LogP contribution in [-0.4, -0.2) is 33.6 Å². The van der Waals surface area contributed by atoms with E-state index in [1.54, 1.807) is 38.1 Å². The van der Waals surface area contributed by atoms with Gasteiger partial charge in [-0.05, 0) is 69.3 Å². The van der Waals surface area contributed by atoms with Crippen LogP contribution in [-0.2, 0) is 19.6 Å². The van der Waals surface area contributed by atoms with Crippen molar-refractivity contribution in [1.82, 2.24) is 0 Å². The zero-order valence-electron chi connectivity index (χ0n) is 15.4. The predicted octanol–water partition coefficient (Wildman–Crippen LogP) is 3.89. The SMILES string of the molecule is CCOc1ccc(N(CC(=O)OC(C)C)S(=O)(=O)c2ccc(Cl)cc2)cc1. The molecule has 0 unspecified atom stereocenters. The van der Waals surface area contributed by atoms with Crippen molar-refractivity contribution in [2.45, 2.75) is 31.8 Å². The molecule has 0 aliphatic heterocycles. The molecule has 0 spiro atoms. The van der Waals surface area contributed by atoms with E-state index >= 15 is 0 Å². The number of rotatable bonds is 8. The van der Waals surface area contributed by atoms with Crippen LogP contribution >= 0.6 is 11.6 Å². The van der Waals surface area contributed by atoms with Gasteiger partial charge in [0.15, 0.2) is 0 Å². The van der Waals surface area contributed by atoms with Crippen LogP contribution in [0.15, 0.2) is 53.4 Å². The molecule has 0 bridgehead atoms. The van der Waals surface area contributed by atoms with E-state index in [2.05, 4.69) is 0 Å². The number of anilines is 1. The third-order valence-electron chi connectivity index (χ3n) is 3.48. The average molecular weight is 412 g/mol. The van der Waals surface area contributed by atoms with E-state index in [0.717, 1.165) is 4.31 Å². The van der Waals surface area contributed by atoms with Gasteiger partial charge in [0.25, 0.3) is 10.0 Å². The highest BCUT2D eigenvalue weighted by atomic mass is 35.5. The number of esters is 1. The third-order valence-corrected chi connectivity index (χ3v) is 5.52. The topological polar surface area (TPSA) is 72.9 Å². The lowest BCUT2D eigenvalue weighted by Crippen LogP contribution is -2.37. The van der Waals surface area contributed by atoms with Crippen molar-refractivity contribution in [2.24, 2.45) is 0 Å². The van der Waals surface area contributed by atoms with Crippen LogP contribution in [0.4, 0.5) is 5.69 Å². The minimum atomic E-state index is -3.99. The Kier molecular flexibility index (Phi) is 7.10. The Hall–Kier alpha value is -2.25. The summed E-state index contributed by atoms with van der Waals surface area (Å²) < 4.78 is 37.8. The van der Waals surface area contributed by atoms with Gasteiger partial charge in [-0.25, -0.2) is 8.42 Å². The van der Waals surface area contributed by atoms with Crippen molar-refractivity contribution in [3.63, 3.8) is 0 Å². The maximum Gasteiger partial charge on any atom is 0.327 e. The molecular formula is C19H22ClNO5S. The molecule has 0 aliphatic rings. The van der Waals surface area contributed by atoms with E-state index in [-0.39, 0.29) is 11.0 Å². The molecule has 2 rings (SSSR count). The van der Waals surface area contributed by atoms with Gasteiger partial charge in [0.2, 0.25) is 0 Å². The monoisotopic (exact) mass is 411 g/mol. The summed E-state index contributed by atoms with van der Waals surface area (Å²) in [5.41, 5.74) is 0.328. The molecule has 2 aromatic carbocycles. The van der Waals surface area contributed by atoms with Gasteiger partial charge in [0.1, 0.15) is 12.3 Å². The van der Waals surface area contributed by atoms with E-state index in [1.807, 2.05) is 6.92 Å². The minimum absolute atomic E-state index is 0.0260. The molecule has 0 atom stereocenters. The van der Waals surface area contributed by atoms with Crippen LogP contribution in [0.2, 0.25) is 5.02 Å². The lowest BCUT2D eigenvalue weighted by molar-refractivity contribution is -0.145. The van der Waals surface area contributed by atoms with Gasteiger partial charge in [-0.2, -0.15) is 0 Å². The standard InChI is InChI=1S/C19H22ClNO5S/c1-4-25-17-9-7-16(8-10-17)21(13-19(22)26-14(2)3)27(23,24)18-11-5-15(20)6-12-18/h5-12,14H,4,13H2,1-3H3. The maximum atomic E-state index is 13.1. The molecule has 0 fully saturated rings. The average Bonchev–Trinajstić information content (AvgIpc) is 2.60. The van der Waals surface area contributed by atoms with Crippen molar-refractivity contribution in [1.29, 1.82) is 0 Å². The Morgan fingerprint density at radius 1 is 1.07 bits per heavy atom. The number of sulfonamides is 1. The number of benzene rings is 2. The number of carbonyl (C=O) groups is 1. The van der Waals surface area contributed by atoms with E-state index < -0.39 is 22.5 Å². The molecule has 0 N–H and O–H groups in total. The number of hydrogen-bond donors (Lipinski definition) is 0. The summed E-state index contributed by atoms with van der Waals surface area (Å²) in [5, 5.41) is 0.417. The van der Waals surface area contributed by atoms with Crippen LogP contribution in [0.1, 0.15) is 20.8 Å². The lowest BCUT2D eigenvalue weighted by atomic mass is 10.3. The van der Waals surface area contributed by atoms with Gasteiger partial charge < -0.3 is 9.47 Å². The number of hydrogen-bond acceptors (Lipinski definition) is 5. The van der Waals surface area contributed by atoms with E-state index in [0.29, 0.717) is 23.1 Å². The third kappa shape index (κ3) is 5.61. The second-order valence-electron chi connectivity index (χ2n) is 5.93. The molecule has 0 saturated heterocycles. The highest BCUT2D eigenvalue weighted by Gasteiger charge is 2.28. The van der Waals surface area contributed by atoms with Crippen LogP contribution < -0.4 is 9.04 Å². The first-order valence-electron chi connectivity index (χ1n) is 8.44. The van der Waals surface area contributed by atoms with Gasteiger partial charge >= 0.3 is 5.97 Å². The van der Waals surface area contributed by atoms with Gasteiger partial charge in [-0.1, -0.05) is 11.6 Å². The van der Waals surface area contributed by atoms with E-state index in [9.17, 15) is 13.2 Å². The van der Waals surface area contributed by atoms with Crippen molar-refractivity contribution in [3.05, 3.63) is 53.6 Å². The minimum Gasteiger partial charge on any atom is -0.494 e. The predicted molar refractivity (Wildman–Crippen MR) is 105 cm³/mol. The Morgan fingerprint density at radius 3 is 2.19 bits per heavy atom. The molecule has 0 aromatic heterocycles. The molecule has 0 aliphatic carbocycles. The fourth-order valence-electron chi connectivity index (χ4n) is 2.34. The van der Waals surface area contributed by atoms with E-state index in [4.69, 9.17) is 21.1 Å². The Morgan fingerprint density at radius 2 is 1.67 bits per heavy atom. The molecule has 0 radical (unpaired) electrons. The molecule has 27 heavy (non-hydrogen) atoms.